The molecule has 0 unspecified atom stereocenters. The molecule has 2 N–H and O–H groups in total. The zero-order chi connectivity index (χ0) is 11.3. The molecule has 0 saturated carbocycles. The summed E-state index contributed by atoms with van der Waals surface area (Å²) in [5.74, 6) is 0.822. The van der Waals surface area contributed by atoms with Gasteiger partial charge in [0.25, 0.3) is 0 Å². The topological polar surface area (TPSA) is 35.2 Å². The van der Waals surface area contributed by atoms with E-state index in [0.29, 0.717) is 5.02 Å². The van der Waals surface area contributed by atoms with Crippen LogP contribution in [0, 0.1) is 0 Å². The summed E-state index contributed by atoms with van der Waals surface area (Å²) >= 11 is 5.94. The fraction of sp³-hybridized carbons (Fsp3) is 0.500. The lowest BCUT2D eigenvalue weighted by Crippen LogP contribution is -2.11. The highest BCUT2D eigenvalue weighted by Gasteiger charge is 2.11. The van der Waals surface area contributed by atoms with Gasteiger partial charge in [-0.2, -0.15) is 0 Å². The van der Waals surface area contributed by atoms with Crippen molar-refractivity contribution in [1.82, 2.24) is 0 Å². The van der Waals surface area contributed by atoms with Crippen LogP contribution in [0.25, 0.3) is 0 Å². The van der Waals surface area contributed by atoms with Crippen molar-refractivity contribution in [2.75, 3.05) is 7.11 Å². The van der Waals surface area contributed by atoms with Crippen LogP contribution in [0.1, 0.15) is 37.8 Å². The van der Waals surface area contributed by atoms with E-state index in [0.717, 1.165) is 30.6 Å². The lowest BCUT2D eigenvalue weighted by Gasteiger charge is -2.15. The highest BCUT2D eigenvalue weighted by molar-refractivity contribution is 6.30. The van der Waals surface area contributed by atoms with Crippen LogP contribution in [0.15, 0.2) is 18.2 Å². The normalized spacial score (nSPS) is 12.5. The molecular weight excluding hydrogens is 210 g/mol. The van der Waals surface area contributed by atoms with Crippen LogP contribution in [0.2, 0.25) is 5.02 Å². The third-order valence-electron chi connectivity index (χ3n) is 2.46. The summed E-state index contributed by atoms with van der Waals surface area (Å²) in [6, 6.07) is 5.58. The van der Waals surface area contributed by atoms with Crippen LogP contribution in [-0.2, 0) is 0 Å². The number of methoxy groups -OCH3 is 1. The Morgan fingerprint density at radius 2 is 2.20 bits per heavy atom. The van der Waals surface area contributed by atoms with E-state index in [9.17, 15) is 0 Å². The van der Waals surface area contributed by atoms with Crippen molar-refractivity contribution < 1.29 is 4.74 Å². The molecular formula is C12H18ClNO. The number of ether oxygens (including phenoxy) is 1. The van der Waals surface area contributed by atoms with Crippen molar-refractivity contribution >= 4 is 11.6 Å². The van der Waals surface area contributed by atoms with E-state index in [4.69, 9.17) is 22.1 Å². The summed E-state index contributed by atoms with van der Waals surface area (Å²) in [7, 11) is 1.65. The number of hydrogen-bond acceptors (Lipinski definition) is 2. The number of nitrogens with two attached hydrogens (primary N) is 1. The van der Waals surface area contributed by atoms with Crippen molar-refractivity contribution in [2.24, 2.45) is 5.73 Å². The average molecular weight is 228 g/mol. The fourth-order valence-electron chi connectivity index (χ4n) is 1.57. The summed E-state index contributed by atoms with van der Waals surface area (Å²) < 4.78 is 5.26. The van der Waals surface area contributed by atoms with E-state index in [-0.39, 0.29) is 6.04 Å². The quantitative estimate of drug-likeness (QED) is 0.835. The van der Waals surface area contributed by atoms with Crippen LogP contribution in [-0.4, -0.2) is 7.11 Å². The molecule has 2 nitrogen and oxygen atoms in total. The molecule has 1 aromatic rings. The first kappa shape index (κ1) is 12.3. The molecule has 0 fully saturated rings. The highest BCUT2D eigenvalue weighted by atomic mass is 35.5. The van der Waals surface area contributed by atoms with Crippen molar-refractivity contribution in [3.05, 3.63) is 28.8 Å². The first-order chi connectivity index (χ1) is 7.19. The van der Waals surface area contributed by atoms with Gasteiger partial charge in [-0.25, -0.2) is 0 Å². The van der Waals surface area contributed by atoms with E-state index in [1.54, 1.807) is 7.11 Å². The molecule has 0 spiro atoms. The van der Waals surface area contributed by atoms with Crippen LogP contribution in [0.3, 0.4) is 0 Å². The molecule has 0 aliphatic heterocycles. The Morgan fingerprint density at radius 1 is 1.47 bits per heavy atom. The molecule has 0 aliphatic carbocycles. The zero-order valence-corrected chi connectivity index (χ0v) is 10.1. The standard InChI is InChI=1S/C12H18ClNO/c1-3-4-5-11(14)10-8-9(13)6-7-12(10)15-2/h6-8,11H,3-5,14H2,1-2H3/t11-/m1/s1. The highest BCUT2D eigenvalue weighted by Crippen LogP contribution is 2.29. The van der Waals surface area contributed by atoms with Gasteiger partial charge in [-0.3, -0.25) is 0 Å². The summed E-state index contributed by atoms with van der Waals surface area (Å²) in [6.07, 6.45) is 3.24. The molecule has 0 aromatic heterocycles. The van der Waals surface area contributed by atoms with Gasteiger partial charge < -0.3 is 10.5 Å². The van der Waals surface area contributed by atoms with Crippen LogP contribution >= 0.6 is 11.6 Å². The van der Waals surface area contributed by atoms with Gasteiger partial charge in [0.15, 0.2) is 0 Å². The van der Waals surface area contributed by atoms with Crippen molar-refractivity contribution in [1.29, 1.82) is 0 Å². The van der Waals surface area contributed by atoms with Crippen molar-refractivity contribution in [3.63, 3.8) is 0 Å². The van der Waals surface area contributed by atoms with Gasteiger partial charge >= 0.3 is 0 Å². The second-order valence-corrected chi connectivity index (χ2v) is 4.07. The first-order valence-corrected chi connectivity index (χ1v) is 5.65. The Balaban J connectivity index is 2.85. The number of halogens is 1. The van der Waals surface area contributed by atoms with Gasteiger partial charge in [-0.1, -0.05) is 31.4 Å². The zero-order valence-electron chi connectivity index (χ0n) is 9.29. The van der Waals surface area contributed by atoms with E-state index in [2.05, 4.69) is 6.92 Å². The van der Waals surface area contributed by atoms with Crippen LogP contribution in [0.4, 0.5) is 0 Å². The summed E-state index contributed by atoms with van der Waals surface area (Å²) in [5, 5.41) is 0.706. The minimum absolute atomic E-state index is 0.0126. The third kappa shape index (κ3) is 3.40. The number of hydrogen-bond donors (Lipinski definition) is 1. The van der Waals surface area contributed by atoms with Gasteiger partial charge in [-0.05, 0) is 24.6 Å². The van der Waals surface area contributed by atoms with Crippen LogP contribution in [0.5, 0.6) is 5.75 Å². The first-order valence-electron chi connectivity index (χ1n) is 5.28. The summed E-state index contributed by atoms with van der Waals surface area (Å²) in [6.45, 7) is 2.15. The largest absolute Gasteiger partial charge is 0.496 e. The van der Waals surface area contributed by atoms with Gasteiger partial charge in [0.05, 0.1) is 7.11 Å². The maximum Gasteiger partial charge on any atom is 0.123 e. The SMILES string of the molecule is CCCC[C@@H](N)c1cc(Cl)ccc1OC. The molecule has 15 heavy (non-hydrogen) atoms. The summed E-state index contributed by atoms with van der Waals surface area (Å²) in [5.41, 5.74) is 7.09. The van der Waals surface area contributed by atoms with Crippen molar-refractivity contribution in [2.45, 2.75) is 32.2 Å². The van der Waals surface area contributed by atoms with E-state index in [1.807, 2.05) is 18.2 Å². The van der Waals surface area contributed by atoms with Gasteiger partial charge in [0, 0.05) is 16.6 Å². The molecule has 0 radical (unpaired) electrons. The van der Waals surface area contributed by atoms with E-state index >= 15 is 0 Å². The molecule has 0 bridgehead atoms. The Bertz CT molecular complexity index is 314. The maximum atomic E-state index is 6.09. The Hall–Kier alpha value is -0.730. The molecule has 3 heteroatoms. The lowest BCUT2D eigenvalue weighted by atomic mass is 10.0. The number of benzene rings is 1. The van der Waals surface area contributed by atoms with Crippen molar-refractivity contribution in [3.8, 4) is 5.75 Å². The fourth-order valence-corrected chi connectivity index (χ4v) is 1.76. The Labute approximate surface area is 96.4 Å². The monoisotopic (exact) mass is 227 g/mol. The summed E-state index contributed by atoms with van der Waals surface area (Å²) in [4.78, 5) is 0. The molecule has 1 rings (SSSR count). The van der Waals surface area contributed by atoms with E-state index in [1.165, 1.54) is 0 Å². The predicted molar refractivity (Wildman–Crippen MR) is 64.5 cm³/mol. The van der Waals surface area contributed by atoms with Gasteiger partial charge in [0.1, 0.15) is 5.75 Å². The second kappa shape index (κ2) is 5.99. The molecule has 0 heterocycles. The smallest absolute Gasteiger partial charge is 0.123 e. The maximum absolute atomic E-state index is 6.09. The van der Waals surface area contributed by atoms with E-state index < -0.39 is 0 Å². The van der Waals surface area contributed by atoms with Gasteiger partial charge in [-0.15, -0.1) is 0 Å². The third-order valence-corrected chi connectivity index (χ3v) is 2.69. The molecule has 1 aromatic carbocycles. The molecule has 0 amide bonds. The Kier molecular flexibility index (Phi) is 4.92. The minimum atomic E-state index is 0.0126. The molecule has 1 atom stereocenters. The number of unbranched alkanes of at least 4 members (excludes halogenated alkanes) is 1. The van der Waals surface area contributed by atoms with Crippen LogP contribution < -0.4 is 10.5 Å². The molecule has 0 aliphatic rings. The second-order valence-electron chi connectivity index (χ2n) is 3.63. The lowest BCUT2D eigenvalue weighted by molar-refractivity contribution is 0.403. The van der Waals surface area contributed by atoms with Gasteiger partial charge in [0.2, 0.25) is 0 Å². The predicted octanol–water partition coefficient (Wildman–Crippen LogP) is 3.54. The molecule has 0 saturated heterocycles. The minimum Gasteiger partial charge on any atom is -0.496 e. The molecule has 84 valence electrons. The Morgan fingerprint density at radius 3 is 2.80 bits per heavy atom. The number of rotatable bonds is 5. The average Bonchev–Trinajstić information content (AvgIpc) is 2.25.